The predicted molar refractivity (Wildman–Crippen MR) is 111 cm³/mol. The number of rotatable bonds is 9. The molecule has 0 aromatic heterocycles. The first kappa shape index (κ1) is 22.4. The van der Waals surface area contributed by atoms with Crippen LogP contribution in [0.5, 0.6) is 5.75 Å². The van der Waals surface area contributed by atoms with Crippen LogP contribution in [0.4, 0.5) is 4.39 Å². The summed E-state index contributed by atoms with van der Waals surface area (Å²) in [5.74, 6) is -0.513. The molecule has 0 saturated heterocycles. The van der Waals surface area contributed by atoms with Gasteiger partial charge < -0.3 is 15.0 Å². The normalized spacial score (nSPS) is 12.7. The molecule has 0 aliphatic carbocycles. The minimum absolute atomic E-state index is 0.0149. The number of nitrogens with one attached hydrogen (secondary N) is 1. The second-order valence-corrected chi connectivity index (χ2v) is 7.21. The van der Waals surface area contributed by atoms with Gasteiger partial charge in [0.25, 0.3) is 5.91 Å². The van der Waals surface area contributed by atoms with Crippen LogP contribution in [0.25, 0.3) is 0 Å². The molecule has 0 aliphatic heterocycles. The van der Waals surface area contributed by atoms with Crippen LogP contribution in [-0.4, -0.2) is 35.4 Å². The van der Waals surface area contributed by atoms with Crippen LogP contribution in [-0.2, 0) is 16.1 Å². The van der Waals surface area contributed by atoms with Crippen molar-refractivity contribution in [3.05, 3.63) is 65.5 Å². The molecule has 2 aromatic rings. The number of nitrogens with zero attached hydrogens (tertiary/aromatic N) is 1. The van der Waals surface area contributed by atoms with Gasteiger partial charge in [-0.1, -0.05) is 37.3 Å². The number of hydrogen-bond acceptors (Lipinski definition) is 3. The van der Waals surface area contributed by atoms with Crippen molar-refractivity contribution in [1.82, 2.24) is 10.2 Å². The molecule has 2 amide bonds. The highest BCUT2D eigenvalue weighted by molar-refractivity contribution is 5.88. The lowest BCUT2D eigenvalue weighted by molar-refractivity contribution is -0.142. The summed E-state index contributed by atoms with van der Waals surface area (Å²) >= 11 is 0. The summed E-state index contributed by atoms with van der Waals surface area (Å²) in [6.07, 6.45) is 0.774. The van der Waals surface area contributed by atoms with Gasteiger partial charge in [0.2, 0.25) is 5.91 Å². The zero-order chi connectivity index (χ0) is 21.4. The molecule has 156 valence electrons. The fourth-order valence-corrected chi connectivity index (χ4v) is 2.79. The Hall–Kier alpha value is -2.89. The Labute approximate surface area is 171 Å². The van der Waals surface area contributed by atoms with E-state index in [2.05, 4.69) is 5.32 Å². The molecule has 0 spiro atoms. The molecule has 0 bridgehead atoms. The number of aryl methyl sites for hydroxylation is 1. The predicted octanol–water partition coefficient (Wildman–Crippen LogP) is 3.84. The maximum absolute atomic E-state index is 14.2. The lowest BCUT2D eigenvalue weighted by atomic mass is 10.1. The van der Waals surface area contributed by atoms with Gasteiger partial charge in [0, 0.05) is 18.2 Å². The largest absolute Gasteiger partial charge is 0.484 e. The molecule has 0 fully saturated rings. The summed E-state index contributed by atoms with van der Waals surface area (Å²) in [6.45, 7) is 7.18. The van der Waals surface area contributed by atoms with Crippen molar-refractivity contribution < 1.29 is 18.7 Å². The Kier molecular flexibility index (Phi) is 8.19. The molecule has 0 aliphatic rings. The zero-order valence-corrected chi connectivity index (χ0v) is 17.4. The highest BCUT2D eigenvalue weighted by Gasteiger charge is 2.27. The molecule has 2 atom stereocenters. The summed E-state index contributed by atoms with van der Waals surface area (Å²) < 4.78 is 19.8. The monoisotopic (exact) mass is 400 g/mol. The van der Waals surface area contributed by atoms with Crippen molar-refractivity contribution in [2.24, 2.45) is 0 Å². The summed E-state index contributed by atoms with van der Waals surface area (Å²) in [7, 11) is 0. The average Bonchev–Trinajstić information content (AvgIpc) is 2.70. The summed E-state index contributed by atoms with van der Waals surface area (Å²) in [5, 5.41) is 2.88. The van der Waals surface area contributed by atoms with E-state index in [1.807, 2.05) is 39.0 Å². The summed E-state index contributed by atoms with van der Waals surface area (Å²) in [4.78, 5) is 26.9. The minimum atomic E-state index is -0.766. The highest BCUT2D eigenvalue weighted by Crippen LogP contribution is 2.16. The lowest BCUT2D eigenvalue weighted by Gasteiger charge is -2.29. The second-order valence-electron chi connectivity index (χ2n) is 7.21. The molecule has 0 radical (unpaired) electrons. The van der Waals surface area contributed by atoms with Crippen LogP contribution in [0.2, 0.25) is 0 Å². The molecule has 1 N–H and O–H groups in total. The van der Waals surface area contributed by atoms with Gasteiger partial charge in [-0.25, -0.2) is 4.39 Å². The smallest absolute Gasteiger partial charge is 0.261 e. The third-order valence-electron chi connectivity index (χ3n) is 4.82. The number of amides is 2. The van der Waals surface area contributed by atoms with Gasteiger partial charge in [-0.15, -0.1) is 0 Å². The fraction of sp³-hybridized carbons (Fsp3) is 0.391. The third-order valence-corrected chi connectivity index (χ3v) is 4.82. The van der Waals surface area contributed by atoms with Crippen molar-refractivity contribution >= 4 is 11.8 Å². The maximum atomic E-state index is 14.2. The molecule has 6 heteroatoms. The maximum Gasteiger partial charge on any atom is 0.261 e. The van der Waals surface area contributed by atoms with E-state index in [1.165, 1.54) is 11.0 Å². The van der Waals surface area contributed by atoms with Gasteiger partial charge in [-0.05, 0) is 51.0 Å². The highest BCUT2D eigenvalue weighted by atomic mass is 19.1. The van der Waals surface area contributed by atoms with Gasteiger partial charge in [0.1, 0.15) is 17.6 Å². The molecule has 0 unspecified atom stereocenters. The number of halogens is 1. The van der Waals surface area contributed by atoms with Crippen LogP contribution in [0.3, 0.4) is 0 Å². The minimum Gasteiger partial charge on any atom is -0.484 e. The Morgan fingerprint density at radius 3 is 2.52 bits per heavy atom. The second kappa shape index (κ2) is 10.6. The van der Waals surface area contributed by atoms with E-state index in [-0.39, 0.29) is 31.0 Å². The summed E-state index contributed by atoms with van der Waals surface area (Å²) in [6, 6.07) is 12.8. The lowest BCUT2D eigenvalue weighted by Crippen LogP contribution is -2.50. The van der Waals surface area contributed by atoms with E-state index < -0.39 is 11.9 Å². The topological polar surface area (TPSA) is 58.6 Å². The van der Waals surface area contributed by atoms with Crippen molar-refractivity contribution in [3.63, 3.8) is 0 Å². The van der Waals surface area contributed by atoms with Gasteiger partial charge in [-0.3, -0.25) is 9.59 Å². The van der Waals surface area contributed by atoms with E-state index in [0.29, 0.717) is 11.3 Å². The number of benzene rings is 2. The number of ether oxygens (including phenoxy) is 1. The Bertz CT molecular complexity index is 840. The molecule has 2 rings (SSSR count). The zero-order valence-electron chi connectivity index (χ0n) is 17.4. The Morgan fingerprint density at radius 1 is 1.14 bits per heavy atom. The van der Waals surface area contributed by atoms with Crippen LogP contribution in [0, 0.1) is 12.7 Å². The standard InChI is InChI=1S/C23H29FN2O3/c1-5-17(3)25-23(28)18(4)26(14-19-10-6-7-12-21(19)24)22(27)15-29-20-11-8-9-16(2)13-20/h6-13,17-18H,5,14-15H2,1-4H3,(H,25,28)/t17-,18-/m0/s1. The van der Waals surface area contributed by atoms with Crippen LogP contribution < -0.4 is 10.1 Å². The van der Waals surface area contributed by atoms with E-state index in [4.69, 9.17) is 4.74 Å². The third kappa shape index (κ3) is 6.59. The van der Waals surface area contributed by atoms with Gasteiger partial charge in [-0.2, -0.15) is 0 Å². The number of carbonyl (C=O) groups is 2. The van der Waals surface area contributed by atoms with Gasteiger partial charge >= 0.3 is 0 Å². The molecule has 29 heavy (non-hydrogen) atoms. The fourth-order valence-electron chi connectivity index (χ4n) is 2.79. The van der Waals surface area contributed by atoms with E-state index in [0.717, 1.165) is 12.0 Å². The van der Waals surface area contributed by atoms with Crippen molar-refractivity contribution in [1.29, 1.82) is 0 Å². The van der Waals surface area contributed by atoms with Gasteiger partial charge in [0.15, 0.2) is 6.61 Å². The van der Waals surface area contributed by atoms with E-state index in [9.17, 15) is 14.0 Å². The van der Waals surface area contributed by atoms with Crippen LogP contribution in [0.1, 0.15) is 38.3 Å². The van der Waals surface area contributed by atoms with Crippen LogP contribution in [0.15, 0.2) is 48.5 Å². The Balaban J connectivity index is 2.17. The number of hydrogen-bond donors (Lipinski definition) is 1. The van der Waals surface area contributed by atoms with Gasteiger partial charge in [0.05, 0.1) is 0 Å². The molecular weight excluding hydrogens is 371 g/mol. The van der Waals surface area contributed by atoms with E-state index in [1.54, 1.807) is 31.2 Å². The SMILES string of the molecule is CC[C@H](C)NC(=O)[C@H](C)N(Cc1ccccc1F)C(=O)COc1cccc(C)c1. The molecule has 0 saturated carbocycles. The number of carbonyl (C=O) groups excluding carboxylic acids is 2. The first-order valence-electron chi connectivity index (χ1n) is 9.84. The van der Waals surface area contributed by atoms with Crippen molar-refractivity contribution in [3.8, 4) is 5.75 Å². The molecule has 0 heterocycles. The first-order chi connectivity index (χ1) is 13.8. The average molecular weight is 400 g/mol. The van der Waals surface area contributed by atoms with Crippen LogP contribution >= 0.6 is 0 Å². The molecular formula is C23H29FN2O3. The van der Waals surface area contributed by atoms with Crippen molar-refractivity contribution in [2.45, 2.75) is 52.7 Å². The Morgan fingerprint density at radius 2 is 1.86 bits per heavy atom. The quantitative estimate of drug-likeness (QED) is 0.696. The van der Waals surface area contributed by atoms with E-state index >= 15 is 0 Å². The summed E-state index contributed by atoms with van der Waals surface area (Å²) in [5.41, 5.74) is 1.36. The van der Waals surface area contributed by atoms with Crippen molar-refractivity contribution in [2.75, 3.05) is 6.61 Å². The first-order valence-corrected chi connectivity index (χ1v) is 9.84. The molecule has 5 nitrogen and oxygen atoms in total. The molecule has 2 aromatic carbocycles.